The minimum atomic E-state index is -0.262. The van der Waals surface area contributed by atoms with Crippen LogP contribution in [0.1, 0.15) is 17.0 Å². The second-order valence-electron chi connectivity index (χ2n) is 5.51. The fraction of sp³-hybridized carbons (Fsp3) is 0.158. The lowest BCUT2D eigenvalue weighted by Crippen LogP contribution is -2.26. The van der Waals surface area contributed by atoms with Gasteiger partial charge in [0.05, 0.1) is 0 Å². The van der Waals surface area contributed by atoms with Crippen LogP contribution in [0.5, 0.6) is 0 Å². The molecule has 0 amide bonds. The van der Waals surface area contributed by atoms with Crippen molar-refractivity contribution in [3.63, 3.8) is 0 Å². The van der Waals surface area contributed by atoms with Crippen LogP contribution in [-0.4, -0.2) is 21.7 Å². The Kier molecular flexibility index (Phi) is 5.27. The summed E-state index contributed by atoms with van der Waals surface area (Å²) in [5.41, 5.74) is 2.22. The maximum Gasteiger partial charge on any atom is 0.163 e. The molecule has 0 atom stereocenters. The molecule has 124 valence electrons. The fourth-order valence-corrected chi connectivity index (χ4v) is 2.43. The molecule has 0 aliphatic carbocycles. The number of aromatic nitrogens is 3. The Labute approximate surface area is 145 Å². The zero-order valence-electron chi connectivity index (χ0n) is 13.5. The van der Waals surface area contributed by atoms with Crippen molar-refractivity contribution in [3.05, 3.63) is 83.6 Å². The van der Waals surface area contributed by atoms with E-state index in [0.717, 1.165) is 17.7 Å². The molecular weight excluding hydrogens is 317 g/mol. The van der Waals surface area contributed by atoms with Crippen molar-refractivity contribution < 1.29 is 4.39 Å². The van der Waals surface area contributed by atoms with Gasteiger partial charge in [-0.15, -0.1) is 10.2 Å². The molecule has 3 aromatic rings. The van der Waals surface area contributed by atoms with E-state index in [2.05, 4.69) is 15.2 Å². The number of halogens is 1. The van der Waals surface area contributed by atoms with Crippen LogP contribution in [0, 0.1) is 17.1 Å². The Hall–Kier alpha value is -3.33. The van der Waals surface area contributed by atoms with Crippen LogP contribution in [0.15, 0.2) is 60.8 Å². The SMILES string of the molecule is N#Cc1ccc(N(CCc2ccccn2)Cc2ccc(F)cc2)nn1. The van der Waals surface area contributed by atoms with E-state index < -0.39 is 0 Å². The first-order valence-electron chi connectivity index (χ1n) is 7.88. The number of pyridine rings is 1. The molecule has 5 nitrogen and oxygen atoms in total. The molecular formula is C19H16FN5. The molecule has 0 N–H and O–H groups in total. The average Bonchev–Trinajstić information content (AvgIpc) is 2.67. The lowest BCUT2D eigenvalue weighted by molar-refractivity contribution is 0.626. The third-order valence-electron chi connectivity index (χ3n) is 3.74. The van der Waals surface area contributed by atoms with Gasteiger partial charge in [-0.2, -0.15) is 5.26 Å². The maximum absolute atomic E-state index is 13.1. The van der Waals surface area contributed by atoms with E-state index in [1.165, 1.54) is 12.1 Å². The van der Waals surface area contributed by atoms with Crippen LogP contribution in [0.4, 0.5) is 10.2 Å². The Bertz CT molecular complexity index is 842. The maximum atomic E-state index is 13.1. The van der Waals surface area contributed by atoms with E-state index in [1.807, 2.05) is 29.2 Å². The van der Waals surface area contributed by atoms with Crippen molar-refractivity contribution in [3.8, 4) is 6.07 Å². The molecule has 0 unspecified atom stereocenters. The van der Waals surface area contributed by atoms with E-state index in [0.29, 0.717) is 18.9 Å². The van der Waals surface area contributed by atoms with E-state index >= 15 is 0 Å². The second kappa shape index (κ2) is 7.97. The zero-order chi connectivity index (χ0) is 17.5. The first-order chi connectivity index (χ1) is 12.2. The summed E-state index contributed by atoms with van der Waals surface area (Å²) in [6.07, 6.45) is 2.50. The van der Waals surface area contributed by atoms with Gasteiger partial charge < -0.3 is 4.90 Å². The highest BCUT2D eigenvalue weighted by Gasteiger charge is 2.11. The largest absolute Gasteiger partial charge is 0.350 e. The van der Waals surface area contributed by atoms with Crippen LogP contribution in [0.25, 0.3) is 0 Å². The van der Waals surface area contributed by atoms with Crippen molar-refractivity contribution in [2.24, 2.45) is 0 Å². The molecule has 0 fully saturated rings. The van der Waals surface area contributed by atoms with Crippen LogP contribution in [0.2, 0.25) is 0 Å². The van der Waals surface area contributed by atoms with Gasteiger partial charge in [0.2, 0.25) is 0 Å². The summed E-state index contributed by atoms with van der Waals surface area (Å²) in [5, 5.41) is 16.9. The molecule has 0 aliphatic rings. The third-order valence-corrected chi connectivity index (χ3v) is 3.74. The fourth-order valence-electron chi connectivity index (χ4n) is 2.43. The average molecular weight is 333 g/mol. The molecule has 0 aliphatic heterocycles. The van der Waals surface area contributed by atoms with Gasteiger partial charge >= 0.3 is 0 Å². The van der Waals surface area contributed by atoms with Gasteiger partial charge in [0.1, 0.15) is 11.9 Å². The molecule has 0 radical (unpaired) electrons. The minimum Gasteiger partial charge on any atom is -0.350 e. The summed E-state index contributed by atoms with van der Waals surface area (Å²) in [6.45, 7) is 1.24. The number of hydrogen-bond acceptors (Lipinski definition) is 5. The summed E-state index contributed by atoms with van der Waals surface area (Å²) in [6, 6.07) is 17.6. The van der Waals surface area contributed by atoms with Crippen LogP contribution < -0.4 is 4.90 Å². The van der Waals surface area contributed by atoms with E-state index in [9.17, 15) is 4.39 Å². The number of rotatable bonds is 6. The number of nitrogens with zero attached hydrogens (tertiary/aromatic N) is 5. The van der Waals surface area contributed by atoms with Crippen LogP contribution in [0.3, 0.4) is 0 Å². The first-order valence-corrected chi connectivity index (χ1v) is 7.88. The van der Waals surface area contributed by atoms with Gasteiger partial charge in [-0.3, -0.25) is 4.98 Å². The summed E-state index contributed by atoms with van der Waals surface area (Å²) in [7, 11) is 0. The summed E-state index contributed by atoms with van der Waals surface area (Å²) < 4.78 is 13.1. The van der Waals surface area contributed by atoms with Crippen molar-refractivity contribution in [1.82, 2.24) is 15.2 Å². The van der Waals surface area contributed by atoms with Gasteiger partial charge in [-0.1, -0.05) is 18.2 Å². The first kappa shape index (κ1) is 16.5. The van der Waals surface area contributed by atoms with Crippen LogP contribution >= 0.6 is 0 Å². The summed E-state index contributed by atoms with van der Waals surface area (Å²) in [5.74, 6) is 0.404. The molecule has 6 heteroatoms. The molecule has 25 heavy (non-hydrogen) atoms. The van der Waals surface area contributed by atoms with E-state index in [1.54, 1.807) is 30.5 Å². The molecule has 2 aromatic heterocycles. The number of anilines is 1. The number of nitriles is 1. The lowest BCUT2D eigenvalue weighted by atomic mass is 10.2. The van der Waals surface area contributed by atoms with Crippen molar-refractivity contribution in [2.75, 3.05) is 11.4 Å². The highest BCUT2D eigenvalue weighted by Crippen LogP contribution is 2.15. The van der Waals surface area contributed by atoms with Crippen molar-refractivity contribution in [1.29, 1.82) is 5.26 Å². The van der Waals surface area contributed by atoms with E-state index in [-0.39, 0.29) is 11.5 Å². The minimum absolute atomic E-state index is 0.262. The Morgan fingerprint density at radius 1 is 1.00 bits per heavy atom. The predicted molar refractivity (Wildman–Crippen MR) is 92.1 cm³/mol. The van der Waals surface area contributed by atoms with Gasteiger partial charge in [0, 0.05) is 31.4 Å². The number of hydrogen-bond donors (Lipinski definition) is 0. The van der Waals surface area contributed by atoms with Crippen LogP contribution in [-0.2, 0) is 13.0 Å². The number of benzene rings is 1. The van der Waals surface area contributed by atoms with Crippen molar-refractivity contribution in [2.45, 2.75) is 13.0 Å². The van der Waals surface area contributed by atoms with Crippen molar-refractivity contribution >= 4 is 5.82 Å². The standard InChI is InChI=1S/C19H16FN5/c20-16-6-4-15(5-7-16)14-25(12-10-17-3-1-2-11-22-17)19-9-8-18(13-21)23-24-19/h1-9,11H,10,12,14H2. The highest BCUT2D eigenvalue weighted by molar-refractivity contribution is 5.40. The normalized spacial score (nSPS) is 10.2. The highest BCUT2D eigenvalue weighted by atomic mass is 19.1. The Morgan fingerprint density at radius 2 is 1.84 bits per heavy atom. The van der Waals surface area contributed by atoms with Gasteiger partial charge in [-0.05, 0) is 42.0 Å². The Balaban J connectivity index is 1.79. The van der Waals surface area contributed by atoms with E-state index in [4.69, 9.17) is 5.26 Å². The summed E-state index contributed by atoms with van der Waals surface area (Å²) in [4.78, 5) is 6.37. The topological polar surface area (TPSA) is 65.7 Å². The zero-order valence-corrected chi connectivity index (χ0v) is 13.5. The Morgan fingerprint density at radius 3 is 2.48 bits per heavy atom. The summed E-state index contributed by atoms with van der Waals surface area (Å²) >= 11 is 0. The van der Waals surface area contributed by atoms with Gasteiger partial charge in [0.25, 0.3) is 0 Å². The lowest BCUT2D eigenvalue weighted by Gasteiger charge is -2.23. The molecule has 1 aromatic carbocycles. The molecule has 2 heterocycles. The molecule has 0 saturated heterocycles. The molecule has 0 spiro atoms. The molecule has 0 bridgehead atoms. The molecule has 3 rings (SSSR count). The van der Waals surface area contributed by atoms with Gasteiger partial charge in [-0.25, -0.2) is 4.39 Å². The quantitative estimate of drug-likeness (QED) is 0.693. The third kappa shape index (κ3) is 4.58. The smallest absolute Gasteiger partial charge is 0.163 e. The monoisotopic (exact) mass is 333 g/mol. The molecule has 0 saturated carbocycles. The van der Waals surface area contributed by atoms with Gasteiger partial charge in [0.15, 0.2) is 11.5 Å². The second-order valence-corrected chi connectivity index (χ2v) is 5.51. The predicted octanol–water partition coefficient (Wildman–Crippen LogP) is 3.13.